The number of nitriles is 1. The number of rotatable bonds is 6. The lowest BCUT2D eigenvalue weighted by Gasteiger charge is -2.14. The van der Waals surface area contributed by atoms with Crippen molar-refractivity contribution < 1.29 is 9.53 Å². The Labute approximate surface area is 206 Å². The highest BCUT2D eigenvalue weighted by molar-refractivity contribution is 6.11. The van der Waals surface area contributed by atoms with Gasteiger partial charge in [-0.25, -0.2) is 0 Å². The predicted molar refractivity (Wildman–Crippen MR) is 142 cm³/mol. The van der Waals surface area contributed by atoms with Crippen LogP contribution in [0.2, 0.25) is 0 Å². The van der Waals surface area contributed by atoms with Gasteiger partial charge in [0.25, 0.3) is 5.91 Å². The number of ether oxygens (including phenoxy) is 1. The molecule has 4 rings (SSSR count). The zero-order valence-corrected chi connectivity index (χ0v) is 20.5. The molecule has 0 saturated carbocycles. The number of nitrogens with zero attached hydrogens (tertiary/aromatic N) is 1. The second-order valence-corrected chi connectivity index (χ2v) is 8.93. The van der Waals surface area contributed by atoms with Gasteiger partial charge in [0, 0.05) is 11.3 Å². The number of carbonyl (C=O) groups is 1. The fraction of sp³-hybridized carbons (Fsp3) is 0.161. The normalized spacial score (nSPS) is 11.2. The lowest BCUT2D eigenvalue weighted by molar-refractivity contribution is -0.112. The molecule has 0 bridgehead atoms. The highest BCUT2D eigenvalue weighted by atomic mass is 16.5. The van der Waals surface area contributed by atoms with E-state index in [-0.39, 0.29) is 5.57 Å². The molecule has 35 heavy (non-hydrogen) atoms. The summed E-state index contributed by atoms with van der Waals surface area (Å²) in [6.07, 6.45) is 1.62. The van der Waals surface area contributed by atoms with Gasteiger partial charge in [-0.3, -0.25) is 4.79 Å². The highest BCUT2D eigenvalue weighted by Crippen LogP contribution is 2.31. The van der Waals surface area contributed by atoms with Crippen LogP contribution < -0.4 is 10.1 Å². The maximum Gasteiger partial charge on any atom is 0.266 e. The van der Waals surface area contributed by atoms with Gasteiger partial charge in [0.05, 0.1) is 0 Å². The Hall–Kier alpha value is -4.36. The van der Waals surface area contributed by atoms with Crippen molar-refractivity contribution in [3.8, 4) is 11.8 Å². The van der Waals surface area contributed by atoms with Crippen molar-refractivity contribution in [1.29, 1.82) is 5.26 Å². The van der Waals surface area contributed by atoms with E-state index in [2.05, 4.69) is 43.4 Å². The monoisotopic (exact) mass is 460 g/mol. The summed E-state index contributed by atoms with van der Waals surface area (Å²) in [5.41, 5.74) is 6.88. The fourth-order valence-electron chi connectivity index (χ4n) is 4.30. The van der Waals surface area contributed by atoms with E-state index in [1.807, 2.05) is 68.4 Å². The van der Waals surface area contributed by atoms with E-state index in [0.717, 1.165) is 27.5 Å². The van der Waals surface area contributed by atoms with Crippen LogP contribution in [-0.2, 0) is 11.4 Å². The predicted octanol–water partition coefficient (Wildman–Crippen LogP) is 7.20. The van der Waals surface area contributed by atoms with Gasteiger partial charge in [-0.05, 0) is 67.8 Å². The molecule has 0 fully saturated rings. The van der Waals surface area contributed by atoms with Crippen LogP contribution in [-0.4, -0.2) is 5.91 Å². The first-order valence-corrected chi connectivity index (χ1v) is 11.6. The van der Waals surface area contributed by atoms with Crippen LogP contribution in [0.3, 0.4) is 0 Å². The maximum atomic E-state index is 13.0. The van der Waals surface area contributed by atoms with Crippen LogP contribution >= 0.6 is 0 Å². The molecule has 0 spiro atoms. The number of carbonyl (C=O) groups excluding carboxylic acids is 1. The Balaban J connectivity index is 1.71. The topological polar surface area (TPSA) is 62.1 Å². The Morgan fingerprint density at radius 1 is 0.914 bits per heavy atom. The summed E-state index contributed by atoms with van der Waals surface area (Å²) in [6, 6.07) is 25.9. The lowest BCUT2D eigenvalue weighted by atomic mass is 10.0. The first kappa shape index (κ1) is 23.8. The molecule has 4 aromatic carbocycles. The fourth-order valence-corrected chi connectivity index (χ4v) is 4.30. The molecule has 0 heterocycles. The van der Waals surface area contributed by atoms with Crippen molar-refractivity contribution in [1.82, 2.24) is 0 Å². The molecular weight excluding hydrogens is 432 g/mol. The molecule has 4 aromatic rings. The quantitative estimate of drug-likeness (QED) is 0.244. The third kappa shape index (κ3) is 5.59. The number of aryl methyl sites for hydroxylation is 4. The molecule has 1 amide bonds. The molecule has 174 valence electrons. The molecule has 0 aliphatic rings. The summed E-state index contributed by atoms with van der Waals surface area (Å²) in [7, 11) is 0. The van der Waals surface area contributed by atoms with E-state index in [1.54, 1.807) is 6.08 Å². The first-order valence-electron chi connectivity index (χ1n) is 11.6. The summed E-state index contributed by atoms with van der Waals surface area (Å²) in [4.78, 5) is 13.0. The molecule has 0 aliphatic carbocycles. The van der Waals surface area contributed by atoms with Crippen molar-refractivity contribution in [2.45, 2.75) is 34.3 Å². The molecule has 4 heteroatoms. The third-order valence-corrected chi connectivity index (χ3v) is 5.89. The van der Waals surface area contributed by atoms with Crippen molar-refractivity contribution in [3.63, 3.8) is 0 Å². The average Bonchev–Trinajstić information content (AvgIpc) is 2.82. The van der Waals surface area contributed by atoms with E-state index in [4.69, 9.17) is 4.74 Å². The molecular formula is C31H28N2O2. The number of amides is 1. The smallest absolute Gasteiger partial charge is 0.266 e. The zero-order chi connectivity index (χ0) is 24.9. The molecule has 4 nitrogen and oxygen atoms in total. The van der Waals surface area contributed by atoms with E-state index >= 15 is 0 Å². The Morgan fingerprint density at radius 2 is 1.66 bits per heavy atom. The van der Waals surface area contributed by atoms with Crippen LogP contribution in [0, 0.1) is 39.0 Å². The van der Waals surface area contributed by atoms with Gasteiger partial charge in [0.2, 0.25) is 0 Å². The van der Waals surface area contributed by atoms with E-state index in [0.29, 0.717) is 23.6 Å². The van der Waals surface area contributed by atoms with Crippen LogP contribution in [0.4, 0.5) is 5.69 Å². The third-order valence-electron chi connectivity index (χ3n) is 5.89. The van der Waals surface area contributed by atoms with Crippen LogP contribution in [0.1, 0.15) is 33.4 Å². The number of nitrogens with one attached hydrogen (secondary N) is 1. The second-order valence-electron chi connectivity index (χ2n) is 8.93. The minimum absolute atomic E-state index is 0.0116. The molecule has 1 N–H and O–H groups in total. The van der Waals surface area contributed by atoms with E-state index in [9.17, 15) is 10.1 Å². The van der Waals surface area contributed by atoms with Crippen molar-refractivity contribution in [2.24, 2.45) is 0 Å². The van der Waals surface area contributed by atoms with Gasteiger partial charge in [-0.1, -0.05) is 77.4 Å². The van der Waals surface area contributed by atoms with Crippen LogP contribution in [0.15, 0.2) is 78.4 Å². The van der Waals surface area contributed by atoms with Gasteiger partial charge in [0.15, 0.2) is 0 Å². The first-order chi connectivity index (χ1) is 16.8. The molecule has 0 aromatic heterocycles. The lowest BCUT2D eigenvalue weighted by Crippen LogP contribution is -2.14. The number of hydrogen-bond acceptors (Lipinski definition) is 3. The largest absolute Gasteiger partial charge is 0.488 e. The molecule has 0 atom stereocenters. The van der Waals surface area contributed by atoms with Gasteiger partial charge >= 0.3 is 0 Å². The standard InChI is InChI=1S/C31H28N2O2/c1-20-9-11-29(23(4)14-20)33-31(34)26(18-32)17-28-27-8-6-5-7-25(27)10-12-30(28)35-19-24-15-21(2)13-22(3)16-24/h5-17H,19H2,1-4H3,(H,33,34)/b26-17+. The number of anilines is 1. The van der Waals surface area contributed by atoms with Crippen molar-refractivity contribution in [2.75, 3.05) is 5.32 Å². The average molecular weight is 461 g/mol. The van der Waals surface area contributed by atoms with Gasteiger partial charge in [0.1, 0.15) is 24.0 Å². The van der Waals surface area contributed by atoms with Crippen LogP contribution in [0.25, 0.3) is 16.8 Å². The van der Waals surface area contributed by atoms with Crippen LogP contribution in [0.5, 0.6) is 5.75 Å². The molecule has 0 unspecified atom stereocenters. The van der Waals surface area contributed by atoms with Gasteiger partial charge < -0.3 is 10.1 Å². The minimum atomic E-state index is -0.451. The number of benzene rings is 4. The number of fused-ring (bicyclic) bond motifs is 1. The Kier molecular flexibility index (Phi) is 6.98. The molecule has 0 saturated heterocycles. The van der Waals surface area contributed by atoms with Crippen molar-refractivity contribution >= 4 is 28.4 Å². The molecule has 0 aliphatic heterocycles. The van der Waals surface area contributed by atoms with E-state index in [1.165, 1.54) is 11.1 Å². The summed E-state index contributed by atoms with van der Waals surface area (Å²) < 4.78 is 6.23. The van der Waals surface area contributed by atoms with E-state index < -0.39 is 5.91 Å². The number of hydrogen-bond donors (Lipinski definition) is 1. The zero-order valence-electron chi connectivity index (χ0n) is 20.5. The van der Waals surface area contributed by atoms with Gasteiger partial charge in [-0.2, -0.15) is 5.26 Å². The SMILES string of the molecule is Cc1cc(C)cc(COc2ccc3ccccc3c2/C=C(\C#N)C(=O)Nc2ccc(C)cc2C)c1. The summed E-state index contributed by atoms with van der Waals surface area (Å²) in [5, 5.41) is 14.7. The molecule has 0 radical (unpaired) electrons. The summed E-state index contributed by atoms with van der Waals surface area (Å²) in [5.74, 6) is 0.169. The highest BCUT2D eigenvalue weighted by Gasteiger charge is 2.15. The summed E-state index contributed by atoms with van der Waals surface area (Å²) in [6.45, 7) is 8.45. The Morgan fingerprint density at radius 3 is 2.37 bits per heavy atom. The second kappa shape index (κ2) is 10.3. The minimum Gasteiger partial charge on any atom is -0.488 e. The summed E-state index contributed by atoms with van der Waals surface area (Å²) >= 11 is 0. The Bertz CT molecular complexity index is 1470. The maximum absolute atomic E-state index is 13.0. The van der Waals surface area contributed by atoms with Crippen molar-refractivity contribution in [3.05, 3.63) is 112 Å². The van der Waals surface area contributed by atoms with Gasteiger partial charge in [-0.15, -0.1) is 0 Å².